The number of rotatable bonds is 8. The number of thiocarbonyl (C=S) groups is 1. The van der Waals surface area contributed by atoms with E-state index in [1.54, 1.807) is 0 Å². The van der Waals surface area contributed by atoms with Crippen LogP contribution in [0.3, 0.4) is 0 Å². The third-order valence-corrected chi connectivity index (χ3v) is 5.72. The molecular formula is C25H24Cl3N3O2S. The number of carbonyl (C=O) groups is 1. The minimum absolute atomic E-state index is 0.178. The van der Waals surface area contributed by atoms with Crippen molar-refractivity contribution in [2.75, 3.05) is 11.9 Å². The summed E-state index contributed by atoms with van der Waals surface area (Å²) in [5, 5.41) is 8.89. The van der Waals surface area contributed by atoms with Gasteiger partial charge in [-0.25, -0.2) is 0 Å². The molecule has 0 saturated heterocycles. The molecule has 0 saturated carbocycles. The molecule has 3 aromatic carbocycles. The fourth-order valence-electron chi connectivity index (χ4n) is 3.31. The first-order chi connectivity index (χ1) is 16.3. The number of hydrogen-bond donors (Lipinski definition) is 3. The molecule has 3 aromatic rings. The first-order valence-electron chi connectivity index (χ1n) is 10.5. The van der Waals surface area contributed by atoms with E-state index < -0.39 is 15.9 Å². The summed E-state index contributed by atoms with van der Waals surface area (Å²) in [7, 11) is 0. The van der Waals surface area contributed by atoms with E-state index in [9.17, 15) is 4.79 Å². The Morgan fingerprint density at radius 3 is 1.88 bits per heavy atom. The van der Waals surface area contributed by atoms with Crippen LogP contribution in [0.25, 0.3) is 0 Å². The summed E-state index contributed by atoms with van der Waals surface area (Å²) in [4.78, 5) is 13.4. The maximum absolute atomic E-state index is 13.4. The zero-order valence-corrected chi connectivity index (χ0v) is 21.4. The predicted molar refractivity (Wildman–Crippen MR) is 144 cm³/mol. The molecule has 0 heterocycles. The predicted octanol–water partition coefficient (Wildman–Crippen LogP) is 6.02. The van der Waals surface area contributed by atoms with Gasteiger partial charge in [-0.2, -0.15) is 0 Å². The highest BCUT2D eigenvalue weighted by Crippen LogP contribution is 2.31. The summed E-state index contributed by atoms with van der Waals surface area (Å²) in [5.74, 6) is -0.206. The number of anilines is 1. The molecule has 0 unspecified atom stereocenters. The first kappa shape index (κ1) is 26.1. The second kappa shape index (κ2) is 12.3. The lowest BCUT2D eigenvalue weighted by Gasteiger charge is -2.29. The third-order valence-electron chi connectivity index (χ3n) is 4.84. The van der Waals surface area contributed by atoms with Crippen LogP contribution in [-0.4, -0.2) is 27.6 Å². The molecule has 0 aliphatic rings. The van der Waals surface area contributed by atoms with Crippen molar-refractivity contribution in [1.82, 2.24) is 10.6 Å². The van der Waals surface area contributed by atoms with E-state index in [-0.39, 0.29) is 11.0 Å². The minimum Gasteiger partial charge on any atom is -0.494 e. The molecular weight excluding hydrogens is 513 g/mol. The molecule has 9 heteroatoms. The summed E-state index contributed by atoms with van der Waals surface area (Å²) in [6, 6.07) is 26.0. The van der Waals surface area contributed by atoms with E-state index in [1.807, 2.05) is 91.9 Å². The molecule has 0 spiro atoms. The molecule has 0 fully saturated rings. The Bertz CT molecular complexity index is 1040. The van der Waals surface area contributed by atoms with Gasteiger partial charge in [0.2, 0.25) is 9.70 Å². The standard InChI is InChI=1S/C25H24Cl3N3O2S/c1-2-33-20-15-13-19(14-16-20)29-24(34)31-23(25(26,27)28)30-22(32)21(17-9-5-3-6-10-17)18-11-7-4-8-12-18/h3-16,21,23H,2H2,1H3,(H,30,32)(H2,29,31,34)/t23-/m0/s1. The Hall–Kier alpha value is -2.51. The lowest BCUT2D eigenvalue weighted by atomic mass is 9.90. The van der Waals surface area contributed by atoms with Crippen LogP contribution in [-0.2, 0) is 4.79 Å². The Balaban J connectivity index is 1.75. The molecule has 0 aliphatic carbocycles. The summed E-state index contributed by atoms with van der Waals surface area (Å²) >= 11 is 24.0. The van der Waals surface area contributed by atoms with Crippen molar-refractivity contribution in [3.63, 3.8) is 0 Å². The average Bonchev–Trinajstić information content (AvgIpc) is 2.81. The largest absolute Gasteiger partial charge is 0.494 e. The highest BCUT2D eigenvalue weighted by molar-refractivity contribution is 7.80. The van der Waals surface area contributed by atoms with Crippen molar-refractivity contribution in [3.05, 3.63) is 96.1 Å². The van der Waals surface area contributed by atoms with Gasteiger partial charge in [-0.1, -0.05) is 95.5 Å². The lowest BCUT2D eigenvalue weighted by Crippen LogP contribution is -2.57. The van der Waals surface area contributed by atoms with Crippen LogP contribution in [0.15, 0.2) is 84.9 Å². The molecule has 0 aromatic heterocycles. The molecule has 0 bridgehead atoms. The zero-order chi connectivity index (χ0) is 24.6. The van der Waals surface area contributed by atoms with Gasteiger partial charge in [0, 0.05) is 5.69 Å². The van der Waals surface area contributed by atoms with Crippen LogP contribution in [0.2, 0.25) is 0 Å². The van der Waals surface area contributed by atoms with Crippen LogP contribution in [0.1, 0.15) is 24.0 Å². The van der Waals surface area contributed by atoms with Crippen LogP contribution in [0.4, 0.5) is 5.69 Å². The van der Waals surface area contributed by atoms with Crippen molar-refractivity contribution in [1.29, 1.82) is 0 Å². The molecule has 1 atom stereocenters. The monoisotopic (exact) mass is 535 g/mol. The Morgan fingerprint density at radius 2 is 1.41 bits per heavy atom. The Labute approximate surface area is 219 Å². The van der Waals surface area contributed by atoms with Crippen molar-refractivity contribution < 1.29 is 9.53 Å². The lowest BCUT2D eigenvalue weighted by molar-refractivity contribution is -0.122. The van der Waals surface area contributed by atoms with Gasteiger partial charge >= 0.3 is 0 Å². The smallest absolute Gasteiger partial charge is 0.233 e. The SMILES string of the molecule is CCOc1ccc(NC(=S)N[C@H](NC(=O)C(c2ccccc2)c2ccccc2)C(Cl)(Cl)Cl)cc1. The molecule has 5 nitrogen and oxygen atoms in total. The fourth-order valence-corrected chi connectivity index (χ4v) is 3.87. The van der Waals surface area contributed by atoms with Gasteiger partial charge in [0.1, 0.15) is 11.9 Å². The second-order valence-corrected chi connectivity index (χ2v) is 10.1. The number of halogens is 3. The van der Waals surface area contributed by atoms with Crippen molar-refractivity contribution in [2.45, 2.75) is 22.8 Å². The molecule has 0 aliphatic heterocycles. The van der Waals surface area contributed by atoms with Crippen LogP contribution >= 0.6 is 47.0 Å². The number of hydrogen-bond acceptors (Lipinski definition) is 3. The number of nitrogens with one attached hydrogen (secondary N) is 3. The molecule has 3 rings (SSSR count). The van der Waals surface area contributed by atoms with Crippen molar-refractivity contribution in [2.24, 2.45) is 0 Å². The summed E-state index contributed by atoms with van der Waals surface area (Å²) in [5.41, 5.74) is 2.33. The normalized spacial score (nSPS) is 12.0. The van der Waals surface area contributed by atoms with E-state index in [4.69, 9.17) is 51.8 Å². The maximum atomic E-state index is 13.4. The van der Waals surface area contributed by atoms with Gasteiger partial charge in [-0.3, -0.25) is 4.79 Å². The van der Waals surface area contributed by atoms with E-state index in [0.29, 0.717) is 12.3 Å². The van der Waals surface area contributed by atoms with Crippen molar-refractivity contribution in [3.8, 4) is 5.75 Å². The number of benzene rings is 3. The second-order valence-electron chi connectivity index (χ2n) is 7.29. The number of ether oxygens (including phenoxy) is 1. The summed E-state index contributed by atoms with van der Waals surface area (Å²) in [6.07, 6.45) is -1.09. The van der Waals surface area contributed by atoms with Gasteiger partial charge in [-0.05, 0) is 54.5 Å². The molecule has 1 amide bonds. The highest BCUT2D eigenvalue weighted by atomic mass is 35.6. The first-order valence-corrected chi connectivity index (χ1v) is 12.1. The van der Waals surface area contributed by atoms with E-state index in [2.05, 4.69) is 16.0 Å². The van der Waals surface area contributed by atoms with Gasteiger partial charge < -0.3 is 20.7 Å². The Morgan fingerprint density at radius 1 is 0.882 bits per heavy atom. The summed E-state index contributed by atoms with van der Waals surface area (Å²) in [6.45, 7) is 2.49. The van der Waals surface area contributed by atoms with Gasteiger partial charge in [-0.15, -0.1) is 0 Å². The molecule has 3 N–H and O–H groups in total. The van der Waals surface area contributed by atoms with E-state index >= 15 is 0 Å². The van der Waals surface area contributed by atoms with Crippen molar-refractivity contribution >= 4 is 63.7 Å². The quantitative estimate of drug-likeness (QED) is 0.187. The maximum Gasteiger partial charge on any atom is 0.233 e. The third kappa shape index (κ3) is 7.50. The molecule has 178 valence electrons. The van der Waals surface area contributed by atoms with Crippen LogP contribution in [0.5, 0.6) is 5.75 Å². The van der Waals surface area contributed by atoms with Gasteiger partial charge in [0.05, 0.1) is 12.5 Å². The number of alkyl halides is 3. The minimum atomic E-state index is -1.88. The van der Waals surface area contributed by atoms with Crippen LogP contribution < -0.4 is 20.7 Å². The van der Waals surface area contributed by atoms with E-state index in [1.165, 1.54) is 0 Å². The molecule has 0 radical (unpaired) electrons. The van der Waals surface area contributed by atoms with Crippen LogP contribution in [0, 0.1) is 0 Å². The topological polar surface area (TPSA) is 62.4 Å². The average molecular weight is 537 g/mol. The molecule has 34 heavy (non-hydrogen) atoms. The Kier molecular flexibility index (Phi) is 9.42. The fraction of sp³-hybridized carbons (Fsp3) is 0.200. The zero-order valence-electron chi connectivity index (χ0n) is 18.3. The number of carbonyl (C=O) groups excluding carboxylic acids is 1. The summed E-state index contributed by atoms with van der Waals surface area (Å²) < 4.78 is 3.56. The van der Waals surface area contributed by atoms with Gasteiger partial charge in [0.25, 0.3) is 0 Å². The number of amides is 1. The highest BCUT2D eigenvalue weighted by Gasteiger charge is 2.36. The van der Waals surface area contributed by atoms with E-state index in [0.717, 1.165) is 16.9 Å². The van der Waals surface area contributed by atoms with Gasteiger partial charge in [0.15, 0.2) is 5.11 Å².